The largest absolute Gasteiger partial charge is 0.462 e. The van der Waals surface area contributed by atoms with Gasteiger partial charge in [0.1, 0.15) is 0 Å². The first kappa shape index (κ1) is 6.86. The second kappa shape index (κ2) is 2.67. The molecule has 0 aliphatic carbocycles. The Morgan fingerprint density at radius 3 is 3.25 bits per heavy atom. The molecule has 2 aromatic rings. The van der Waals surface area contributed by atoms with E-state index in [0.717, 1.165) is 11.0 Å². The zero-order chi connectivity index (χ0) is 8.39. The van der Waals surface area contributed by atoms with Crippen LogP contribution in [0.15, 0.2) is 29.0 Å². The molecule has 0 spiro atoms. The molecule has 3 nitrogen and oxygen atoms in total. The predicted octanol–water partition coefficient (Wildman–Crippen LogP) is 1.89. The van der Waals surface area contributed by atoms with Gasteiger partial charge >= 0.3 is 0 Å². The lowest BCUT2D eigenvalue weighted by molar-refractivity contribution is 0.610. The number of rotatable bonds is 1. The van der Waals surface area contributed by atoms with Gasteiger partial charge in [-0.1, -0.05) is 0 Å². The molecule has 0 fully saturated rings. The highest BCUT2D eigenvalue weighted by Crippen LogP contribution is 2.17. The molecule has 0 amide bonds. The molecule has 2 rings (SSSR count). The molecule has 12 heavy (non-hydrogen) atoms. The van der Waals surface area contributed by atoms with Crippen LogP contribution in [0.2, 0.25) is 0 Å². The van der Waals surface area contributed by atoms with Crippen molar-refractivity contribution in [3.05, 3.63) is 30.3 Å². The van der Waals surface area contributed by atoms with Crippen molar-refractivity contribution >= 4 is 11.0 Å². The summed E-state index contributed by atoms with van der Waals surface area (Å²) < 4.78 is 5.19. The number of furan rings is 1. The summed E-state index contributed by atoms with van der Waals surface area (Å²) in [5.74, 6) is 0. The molecule has 0 saturated carbocycles. The molecule has 0 bridgehead atoms. The maximum atomic E-state index is 8.48. The van der Waals surface area contributed by atoms with Crippen molar-refractivity contribution < 1.29 is 4.42 Å². The standard InChI is InChI=1S/C9H6N2O/c10-4-1-8-9-7(2-5-11-8)3-6-12-9/h2-3,5-6H,1H2. The summed E-state index contributed by atoms with van der Waals surface area (Å²) in [5.41, 5.74) is 1.43. The quantitative estimate of drug-likeness (QED) is 0.636. The molecule has 0 atom stereocenters. The van der Waals surface area contributed by atoms with Crippen LogP contribution in [-0.4, -0.2) is 4.98 Å². The van der Waals surface area contributed by atoms with Gasteiger partial charge in [0.2, 0.25) is 0 Å². The van der Waals surface area contributed by atoms with E-state index in [-0.39, 0.29) is 0 Å². The number of fused-ring (bicyclic) bond motifs is 1. The maximum absolute atomic E-state index is 8.48. The molecule has 0 aliphatic rings. The van der Waals surface area contributed by atoms with E-state index >= 15 is 0 Å². The highest BCUT2D eigenvalue weighted by atomic mass is 16.3. The average Bonchev–Trinajstić information content (AvgIpc) is 2.53. The van der Waals surface area contributed by atoms with Crippen LogP contribution in [0.3, 0.4) is 0 Å². The molecule has 58 valence electrons. The van der Waals surface area contributed by atoms with Crippen molar-refractivity contribution in [1.82, 2.24) is 4.98 Å². The predicted molar refractivity (Wildman–Crippen MR) is 43.3 cm³/mol. The van der Waals surface area contributed by atoms with Crippen LogP contribution in [0.1, 0.15) is 5.69 Å². The van der Waals surface area contributed by atoms with Gasteiger partial charge in [-0.2, -0.15) is 5.26 Å². The summed E-state index contributed by atoms with van der Waals surface area (Å²) in [6.45, 7) is 0. The van der Waals surface area contributed by atoms with Crippen molar-refractivity contribution in [1.29, 1.82) is 5.26 Å². The zero-order valence-electron chi connectivity index (χ0n) is 6.32. The summed E-state index contributed by atoms with van der Waals surface area (Å²) in [7, 11) is 0. The number of hydrogen-bond acceptors (Lipinski definition) is 3. The Balaban J connectivity index is 2.67. The van der Waals surface area contributed by atoms with Crippen molar-refractivity contribution in [3.8, 4) is 6.07 Å². The lowest BCUT2D eigenvalue weighted by atomic mass is 10.2. The van der Waals surface area contributed by atoms with E-state index in [1.54, 1.807) is 12.5 Å². The van der Waals surface area contributed by atoms with Crippen molar-refractivity contribution in [3.63, 3.8) is 0 Å². The fourth-order valence-corrected chi connectivity index (χ4v) is 1.15. The van der Waals surface area contributed by atoms with Gasteiger partial charge in [0.05, 0.1) is 24.4 Å². The Labute approximate surface area is 69.2 Å². The van der Waals surface area contributed by atoms with Crippen molar-refractivity contribution in [2.24, 2.45) is 0 Å². The molecular weight excluding hydrogens is 152 g/mol. The summed E-state index contributed by atoms with van der Waals surface area (Å²) in [5, 5.41) is 9.48. The summed E-state index contributed by atoms with van der Waals surface area (Å²) in [6, 6.07) is 5.76. The Hall–Kier alpha value is -1.82. The average molecular weight is 158 g/mol. The first-order chi connectivity index (χ1) is 5.92. The van der Waals surface area contributed by atoms with E-state index in [1.165, 1.54) is 0 Å². The Bertz CT molecular complexity index is 439. The summed E-state index contributed by atoms with van der Waals surface area (Å²) >= 11 is 0. The molecule has 3 heteroatoms. The third-order valence-electron chi connectivity index (χ3n) is 1.69. The second-order valence-corrected chi connectivity index (χ2v) is 2.43. The molecular formula is C9H6N2O. The molecule has 0 N–H and O–H groups in total. The van der Waals surface area contributed by atoms with Crippen LogP contribution < -0.4 is 0 Å². The van der Waals surface area contributed by atoms with Gasteiger partial charge in [-0.3, -0.25) is 4.98 Å². The summed E-state index contributed by atoms with van der Waals surface area (Å²) in [4.78, 5) is 4.05. The molecule has 2 aromatic heterocycles. The van der Waals surface area contributed by atoms with E-state index < -0.39 is 0 Å². The van der Waals surface area contributed by atoms with E-state index in [4.69, 9.17) is 9.68 Å². The monoisotopic (exact) mass is 158 g/mol. The topological polar surface area (TPSA) is 49.8 Å². The number of hydrogen-bond donors (Lipinski definition) is 0. The van der Waals surface area contributed by atoms with Gasteiger partial charge < -0.3 is 4.42 Å². The smallest absolute Gasteiger partial charge is 0.156 e. The zero-order valence-corrected chi connectivity index (χ0v) is 6.32. The van der Waals surface area contributed by atoms with Gasteiger partial charge in [0.15, 0.2) is 5.58 Å². The van der Waals surface area contributed by atoms with Crippen LogP contribution in [0.25, 0.3) is 11.0 Å². The van der Waals surface area contributed by atoms with Crippen LogP contribution in [-0.2, 0) is 6.42 Å². The van der Waals surface area contributed by atoms with E-state index in [2.05, 4.69) is 4.98 Å². The van der Waals surface area contributed by atoms with E-state index in [0.29, 0.717) is 12.1 Å². The van der Waals surface area contributed by atoms with Gasteiger partial charge in [-0.15, -0.1) is 0 Å². The fourth-order valence-electron chi connectivity index (χ4n) is 1.15. The van der Waals surface area contributed by atoms with E-state index in [9.17, 15) is 0 Å². The fraction of sp³-hybridized carbons (Fsp3) is 0.111. The Kier molecular flexibility index (Phi) is 1.52. The third kappa shape index (κ3) is 0.940. The van der Waals surface area contributed by atoms with Crippen LogP contribution in [0, 0.1) is 11.3 Å². The van der Waals surface area contributed by atoms with Crippen molar-refractivity contribution in [2.75, 3.05) is 0 Å². The Morgan fingerprint density at radius 2 is 2.42 bits per heavy atom. The minimum absolute atomic E-state index is 0.296. The molecule has 0 aromatic carbocycles. The van der Waals surface area contributed by atoms with Gasteiger partial charge in [0, 0.05) is 11.6 Å². The van der Waals surface area contributed by atoms with Crippen LogP contribution >= 0.6 is 0 Å². The highest BCUT2D eigenvalue weighted by molar-refractivity contribution is 5.78. The number of aromatic nitrogens is 1. The highest BCUT2D eigenvalue weighted by Gasteiger charge is 2.03. The molecule has 0 aliphatic heterocycles. The first-order valence-electron chi connectivity index (χ1n) is 3.60. The lowest BCUT2D eigenvalue weighted by Crippen LogP contribution is -1.86. The third-order valence-corrected chi connectivity index (χ3v) is 1.69. The molecule has 0 unspecified atom stereocenters. The maximum Gasteiger partial charge on any atom is 0.156 e. The van der Waals surface area contributed by atoms with Gasteiger partial charge in [-0.25, -0.2) is 0 Å². The number of pyridine rings is 1. The first-order valence-corrected chi connectivity index (χ1v) is 3.60. The minimum atomic E-state index is 0.296. The minimum Gasteiger partial charge on any atom is -0.462 e. The Morgan fingerprint density at radius 1 is 1.50 bits per heavy atom. The summed E-state index contributed by atoms with van der Waals surface area (Å²) in [6.07, 6.45) is 3.59. The molecule has 2 heterocycles. The SMILES string of the molecule is N#CCc1nccc2ccoc12. The van der Waals surface area contributed by atoms with E-state index in [1.807, 2.05) is 18.2 Å². The van der Waals surface area contributed by atoms with Crippen molar-refractivity contribution in [2.45, 2.75) is 6.42 Å². The van der Waals surface area contributed by atoms with Gasteiger partial charge in [-0.05, 0) is 12.1 Å². The molecule has 0 saturated heterocycles. The number of nitrogens with zero attached hydrogens (tertiary/aromatic N) is 2. The second-order valence-electron chi connectivity index (χ2n) is 2.43. The normalized spacial score (nSPS) is 9.92. The number of nitriles is 1. The van der Waals surface area contributed by atoms with Crippen LogP contribution in [0.5, 0.6) is 0 Å². The van der Waals surface area contributed by atoms with Crippen LogP contribution in [0.4, 0.5) is 0 Å². The lowest BCUT2D eigenvalue weighted by Gasteiger charge is -1.93. The van der Waals surface area contributed by atoms with Gasteiger partial charge in [0.25, 0.3) is 0 Å². The molecule has 0 radical (unpaired) electrons.